The average molecular weight is 339 g/mol. The zero-order valence-corrected chi connectivity index (χ0v) is 16.2. The first-order valence-corrected chi connectivity index (χ1v) is 11.7. The van der Waals surface area contributed by atoms with Crippen molar-refractivity contribution in [3.05, 3.63) is 29.8 Å². The van der Waals surface area contributed by atoms with Gasteiger partial charge in [-0.05, 0) is 31.0 Å². The monoisotopic (exact) mass is 338 g/mol. The maximum Gasteiger partial charge on any atom is 0.165 e. The second-order valence-electron chi connectivity index (χ2n) is 6.91. The van der Waals surface area contributed by atoms with Crippen molar-refractivity contribution in [3.63, 3.8) is 0 Å². The molecule has 0 heterocycles. The van der Waals surface area contributed by atoms with Crippen LogP contribution in [-0.2, 0) is 0 Å². The summed E-state index contributed by atoms with van der Waals surface area (Å²) >= 11 is 0. The van der Waals surface area contributed by atoms with Crippen molar-refractivity contribution in [2.45, 2.75) is 45.1 Å². The number of rotatable bonds is 9. The first-order chi connectivity index (χ1) is 10.8. The standard InChI is InChI=1S/C18H30O4Si/c1-14-11-17(21-3)18(12-16(14)20-2)22-13-15(19)9-7-8-10-23(4,5)6/h7-8,11-12,15,19H,9-10,13H2,1-6H3/b8-7+. The van der Waals surface area contributed by atoms with Gasteiger partial charge < -0.3 is 19.3 Å². The molecular weight excluding hydrogens is 308 g/mol. The highest BCUT2D eigenvalue weighted by atomic mass is 28.3. The highest BCUT2D eigenvalue weighted by Gasteiger charge is 2.12. The number of aryl methyl sites for hydroxylation is 1. The minimum absolute atomic E-state index is 0.222. The lowest BCUT2D eigenvalue weighted by molar-refractivity contribution is 0.108. The molecule has 1 aromatic rings. The Balaban J connectivity index is 2.57. The van der Waals surface area contributed by atoms with Crippen LogP contribution in [0.4, 0.5) is 0 Å². The molecule has 0 aliphatic rings. The number of benzene rings is 1. The van der Waals surface area contributed by atoms with Gasteiger partial charge in [-0.1, -0.05) is 31.8 Å². The predicted molar refractivity (Wildman–Crippen MR) is 97.7 cm³/mol. The van der Waals surface area contributed by atoms with Gasteiger partial charge in [-0.15, -0.1) is 0 Å². The summed E-state index contributed by atoms with van der Waals surface area (Å²) in [4.78, 5) is 0. The molecule has 0 bridgehead atoms. The van der Waals surface area contributed by atoms with Crippen molar-refractivity contribution < 1.29 is 19.3 Å². The van der Waals surface area contributed by atoms with Crippen LogP contribution >= 0.6 is 0 Å². The maximum atomic E-state index is 10.0. The van der Waals surface area contributed by atoms with E-state index in [0.29, 0.717) is 17.9 Å². The van der Waals surface area contributed by atoms with Crippen LogP contribution in [0, 0.1) is 6.92 Å². The Kier molecular flexibility index (Phi) is 7.65. The fraction of sp³-hybridized carbons (Fsp3) is 0.556. The molecule has 0 saturated heterocycles. The lowest BCUT2D eigenvalue weighted by atomic mass is 10.2. The highest BCUT2D eigenvalue weighted by molar-refractivity contribution is 6.76. The first-order valence-electron chi connectivity index (χ1n) is 7.95. The van der Waals surface area contributed by atoms with Crippen molar-refractivity contribution in [2.75, 3.05) is 20.8 Å². The summed E-state index contributed by atoms with van der Waals surface area (Å²) in [6, 6.07) is 4.79. The van der Waals surface area contributed by atoms with Crippen LogP contribution in [0.5, 0.6) is 17.2 Å². The van der Waals surface area contributed by atoms with Crippen LogP contribution in [0.1, 0.15) is 12.0 Å². The van der Waals surface area contributed by atoms with Crippen molar-refractivity contribution in [1.82, 2.24) is 0 Å². The van der Waals surface area contributed by atoms with Gasteiger partial charge >= 0.3 is 0 Å². The van der Waals surface area contributed by atoms with E-state index in [1.807, 2.05) is 19.1 Å². The molecule has 0 fully saturated rings. The molecule has 1 rings (SSSR count). The van der Waals surface area contributed by atoms with Gasteiger partial charge in [0.15, 0.2) is 11.5 Å². The molecule has 0 aromatic heterocycles. The quantitative estimate of drug-likeness (QED) is 0.545. The molecule has 0 aliphatic heterocycles. The Hall–Kier alpha value is -1.46. The molecule has 5 heteroatoms. The van der Waals surface area contributed by atoms with Crippen molar-refractivity contribution in [3.8, 4) is 17.2 Å². The van der Waals surface area contributed by atoms with Crippen LogP contribution in [0.15, 0.2) is 24.3 Å². The number of hydrogen-bond acceptors (Lipinski definition) is 4. The molecule has 130 valence electrons. The summed E-state index contributed by atoms with van der Waals surface area (Å²) in [5.74, 6) is 1.97. The molecule has 23 heavy (non-hydrogen) atoms. The minimum atomic E-state index is -1.06. The van der Waals surface area contributed by atoms with Crippen molar-refractivity contribution in [1.29, 1.82) is 0 Å². The summed E-state index contributed by atoms with van der Waals surface area (Å²) in [5.41, 5.74) is 0.978. The fourth-order valence-electron chi connectivity index (χ4n) is 2.08. The van der Waals surface area contributed by atoms with Gasteiger partial charge in [0.1, 0.15) is 12.4 Å². The number of aliphatic hydroxyl groups excluding tert-OH is 1. The second kappa shape index (κ2) is 8.98. The lowest BCUT2D eigenvalue weighted by Gasteiger charge is -2.16. The van der Waals surface area contributed by atoms with Crippen molar-refractivity contribution in [2.24, 2.45) is 0 Å². The third kappa shape index (κ3) is 7.10. The maximum absolute atomic E-state index is 10.0. The van der Waals surface area contributed by atoms with E-state index in [4.69, 9.17) is 14.2 Å². The topological polar surface area (TPSA) is 47.9 Å². The molecular formula is C18H30O4Si. The van der Waals surface area contributed by atoms with E-state index < -0.39 is 14.2 Å². The van der Waals surface area contributed by atoms with Gasteiger partial charge in [0.2, 0.25) is 0 Å². The predicted octanol–water partition coefficient (Wildman–Crippen LogP) is 4.04. The van der Waals surface area contributed by atoms with E-state index >= 15 is 0 Å². The third-order valence-corrected chi connectivity index (χ3v) is 4.88. The zero-order chi connectivity index (χ0) is 17.5. The van der Waals surface area contributed by atoms with E-state index in [9.17, 15) is 5.11 Å². The van der Waals surface area contributed by atoms with Gasteiger partial charge in [-0.25, -0.2) is 0 Å². The van der Waals surface area contributed by atoms with E-state index in [0.717, 1.165) is 17.4 Å². The normalized spacial score (nSPS) is 13.2. The summed E-state index contributed by atoms with van der Waals surface area (Å²) in [7, 11) is 2.16. The number of aliphatic hydroxyl groups is 1. The van der Waals surface area contributed by atoms with Gasteiger partial charge in [-0.3, -0.25) is 0 Å². The van der Waals surface area contributed by atoms with Gasteiger partial charge in [-0.2, -0.15) is 0 Å². The van der Waals surface area contributed by atoms with Crippen LogP contribution in [0.3, 0.4) is 0 Å². The molecule has 1 atom stereocenters. The Bertz CT molecular complexity index is 520. The zero-order valence-electron chi connectivity index (χ0n) is 15.2. The van der Waals surface area contributed by atoms with Crippen LogP contribution in [0.25, 0.3) is 0 Å². The molecule has 1 unspecified atom stereocenters. The fourth-order valence-corrected chi connectivity index (χ4v) is 2.95. The van der Waals surface area contributed by atoms with E-state index in [1.54, 1.807) is 20.3 Å². The Morgan fingerprint density at radius 1 is 1.04 bits per heavy atom. The molecule has 4 nitrogen and oxygen atoms in total. The lowest BCUT2D eigenvalue weighted by Crippen LogP contribution is -2.18. The summed E-state index contributed by atoms with van der Waals surface area (Å²) in [6.07, 6.45) is 4.27. The highest BCUT2D eigenvalue weighted by Crippen LogP contribution is 2.34. The molecule has 0 aliphatic carbocycles. The van der Waals surface area contributed by atoms with Crippen LogP contribution < -0.4 is 14.2 Å². The number of methoxy groups -OCH3 is 2. The van der Waals surface area contributed by atoms with Crippen molar-refractivity contribution >= 4 is 8.07 Å². The summed E-state index contributed by atoms with van der Waals surface area (Å²) in [5, 5.41) is 10.0. The van der Waals surface area contributed by atoms with Crippen LogP contribution in [-0.4, -0.2) is 40.1 Å². The van der Waals surface area contributed by atoms with Gasteiger partial charge in [0.25, 0.3) is 0 Å². The smallest absolute Gasteiger partial charge is 0.165 e. The van der Waals surface area contributed by atoms with E-state index in [1.165, 1.54) is 0 Å². The Morgan fingerprint density at radius 2 is 1.70 bits per heavy atom. The summed E-state index contributed by atoms with van der Waals surface area (Å²) < 4.78 is 16.3. The first kappa shape index (κ1) is 19.6. The van der Waals surface area contributed by atoms with Gasteiger partial charge in [0, 0.05) is 14.1 Å². The Morgan fingerprint density at radius 3 is 2.26 bits per heavy atom. The summed E-state index contributed by atoms with van der Waals surface area (Å²) in [6.45, 7) is 9.15. The molecule has 0 radical (unpaired) electrons. The Labute approximate surface area is 141 Å². The second-order valence-corrected chi connectivity index (χ2v) is 12.4. The number of hydrogen-bond donors (Lipinski definition) is 1. The average Bonchev–Trinajstić information content (AvgIpc) is 2.49. The number of allylic oxidation sites excluding steroid dienone is 1. The van der Waals surface area contributed by atoms with E-state index in [2.05, 4.69) is 25.7 Å². The third-order valence-electron chi connectivity index (χ3n) is 3.42. The molecule has 1 N–H and O–H groups in total. The molecule has 0 saturated carbocycles. The van der Waals surface area contributed by atoms with Gasteiger partial charge in [0.05, 0.1) is 20.3 Å². The number of ether oxygens (including phenoxy) is 3. The molecule has 1 aromatic carbocycles. The molecule has 0 spiro atoms. The minimum Gasteiger partial charge on any atom is -0.496 e. The SMILES string of the molecule is COc1cc(OCC(O)C/C=C/C[Si](C)(C)C)c(OC)cc1C. The molecule has 0 amide bonds. The van der Waals surface area contributed by atoms with Crippen LogP contribution in [0.2, 0.25) is 25.7 Å². The van der Waals surface area contributed by atoms with E-state index in [-0.39, 0.29) is 6.61 Å². The largest absolute Gasteiger partial charge is 0.496 e.